The van der Waals surface area contributed by atoms with E-state index in [4.69, 9.17) is 4.74 Å². The Labute approximate surface area is 157 Å². The number of nitrogens with zero attached hydrogens (tertiary/aromatic N) is 5. The van der Waals surface area contributed by atoms with Crippen molar-refractivity contribution in [3.05, 3.63) is 59.8 Å². The highest BCUT2D eigenvalue weighted by Crippen LogP contribution is 2.19. The fourth-order valence-electron chi connectivity index (χ4n) is 3.32. The van der Waals surface area contributed by atoms with Crippen LogP contribution in [0.25, 0.3) is 5.65 Å². The molecular formula is C19H22N6O2. The molecule has 1 aliphatic rings. The molecule has 1 atom stereocenters. The molecule has 8 heteroatoms. The third-order valence-corrected chi connectivity index (χ3v) is 4.81. The Kier molecular flexibility index (Phi) is 5.36. The summed E-state index contributed by atoms with van der Waals surface area (Å²) in [7, 11) is 0. The van der Waals surface area contributed by atoms with Crippen LogP contribution in [-0.4, -0.2) is 63.7 Å². The number of pyridine rings is 1. The maximum absolute atomic E-state index is 12.9. The van der Waals surface area contributed by atoms with E-state index in [1.807, 2.05) is 30.3 Å². The first-order chi connectivity index (χ1) is 13.3. The Bertz CT molecular complexity index is 891. The Morgan fingerprint density at radius 2 is 1.96 bits per heavy atom. The van der Waals surface area contributed by atoms with E-state index in [-0.39, 0.29) is 11.9 Å². The summed E-state index contributed by atoms with van der Waals surface area (Å²) in [6, 6.07) is 13.5. The minimum atomic E-state index is -0.175. The zero-order valence-corrected chi connectivity index (χ0v) is 15.0. The van der Waals surface area contributed by atoms with E-state index < -0.39 is 0 Å². The molecule has 1 aliphatic heterocycles. The topological polar surface area (TPSA) is 84.7 Å². The molecule has 0 saturated carbocycles. The van der Waals surface area contributed by atoms with Gasteiger partial charge in [-0.25, -0.2) is 0 Å². The average molecular weight is 366 g/mol. The predicted molar refractivity (Wildman–Crippen MR) is 99.3 cm³/mol. The predicted octanol–water partition coefficient (Wildman–Crippen LogP) is 1.32. The van der Waals surface area contributed by atoms with Crippen LogP contribution in [0, 0.1) is 0 Å². The van der Waals surface area contributed by atoms with Crippen molar-refractivity contribution >= 4 is 11.6 Å². The fourth-order valence-corrected chi connectivity index (χ4v) is 3.32. The van der Waals surface area contributed by atoms with Crippen LogP contribution in [0.15, 0.2) is 48.7 Å². The molecule has 0 spiro atoms. The van der Waals surface area contributed by atoms with Crippen molar-refractivity contribution in [2.75, 3.05) is 32.8 Å². The number of carbonyl (C=O) groups excluding carboxylic acids is 1. The SMILES string of the molecule is O=C(N[C@@H](CCN1CCOCC1)c1ccccc1)c1cccn2nnnc12. The van der Waals surface area contributed by atoms with Gasteiger partial charge in [0.25, 0.3) is 5.91 Å². The Morgan fingerprint density at radius 3 is 2.78 bits per heavy atom. The number of ether oxygens (including phenoxy) is 1. The third-order valence-electron chi connectivity index (χ3n) is 4.81. The molecule has 8 nitrogen and oxygen atoms in total. The third kappa shape index (κ3) is 4.12. The van der Waals surface area contributed by atoms with E-state index in [2.05, 4.69) is 25.7 Å². The van der Waals surface area contributed by atoms with Crippen LogP contribution in [0.5, 0.6) is 0 Å². The van der Waals surface area contributed by atoms with Gasteiger partial charge in [0.05, 0.1) is 24.8 Å². The molecule has 27 heavy (non-hydrogen) atoms. The van der Waals surface area contributed by atoms with Crippen molar-refractivity contribution in [2.45, 2.75) is 12.5 Å². The highest BCUT2D eigenvalue weighted by atomic mass is 16.5. The lowest BCUT2D eigenvalue weighted by Crippen LogP contribution is -2.39. The van der Waals surface area contributed by atoms with Crippen LogP contribution >= 0.6 is 0 Å². The number of nitrogens with one attached hydrogen (secondary N) is 1. The van der Waals surface area contributed by atoms with Crippen LogP contribution in [0.4, 0.5) is 0 Å². The summed E-state index contributed by atoms with van der Waals surface area (Å²) in [6.45, 7) is 4.30. The molecule has 1 fully saturated rings. The van der Waals surface area contributed by atoms with Gasteiger partial charge in [-0.05, 0) is 34.5 Å². The monoisotopic (exact) mass is 366 g/mol. The van der Waals surface area contributed by atoms with E-state index in [0.29, 0.717) is 11.2 Å². The molecule has 0 bridgehead atoms. The summed E-state index contributed by atoms with van der Waals surface area (Å²) in [5.41, 5.74) is 2.01. The Hall–Kier alpha value is -2.84. The van der Waals surface area contributed by atoms with Crippen molar-refractivity contribution in [3.8, 4) is 0 Å². The highest BCUT2D eigenvalue weighted by Gasteiger charge is 2.20. The second-order valence-electron chi connectivity index (χ2n) is 6.55. The van der Waals surface area contributed by atoms with Crippen molar-refractivity contribution in [2.24, 2.45) is 0 Å². The molecule has 1 N–H and O–H groups in total. The summed E-state index contributed by atoms with van der Waals surface area (Å²) in [6.07, 6.45) is 2.54. The largest absolute Gasteiger partial charge is 0.379 e. The molecule has 0 unspecified atom stereocenters. The Morgan fingerprint density at radius 1 is 1.15 bits per heavy atom. The number of rotatable bonds is 6. The first kappa shape index (κ1) is 17.6. The van der Waals surface area contributed by atoms with Crippen molar-refractivity contribution in [1.29, 1.82) is 0 Å². The number of benzene rings is 1. The van der Waals surface area contributed by atoms with Gasteiger partial charge < -0.3 is 10.1 Å². The standard InChI is InChI=1S/C19H22N6O2/c26-19(16-7-4-9-25-18(16)21-22-23-25)20-17(15-5-2-1-3-6-15)8-10-24-11-13-27-14-12-24/h1-7,9,17H,8,10-14H2,(H,20,26)/t17-/m0/s1. The summed E-state index contributed by atoms with van der Waals surface area (Å²) >= 11 is 0. The number of tetrazole rings is 1. The summed E-state index contributed by atoms with van der Waals surface area (Å²) in [5.74, 6) is -0.175. The number of carbonyl (C=O) groups is 1. The van der Waals surface area contributed by atoms with E-state index in [1.165, 1.54) is 4.52 Å². The fraction of sp³-hybridized carbons (Fsp3) is 0.368. The molecule has 1 aromatic carbocycles. The molecule has 3 aromatic rings. The minimum Gasteiger partial charge on any atom is -0.379 e. The number of morpholine rings is 1. The number of amides is 1. The summed E-state index contributed by atoms with van der Waals surface area (Å²) in [5, 5.41) is 14.6. The van der Waals surface area contributed by atoms with Gasteiger partial charge >= 0.3 is 0 Å². The van der Waals surface area contributed by atoms with Crippen molar-refractivity contribution in [1.82, 2.24) is 30.3 Å². The number of hydrogen-bond acceptors (Lipinski definition) is 6. The maximum atomic E-state index is 12.9. The number of aromatic nitrogens is 4. The zero-order valence-electron chi connectivity index (χ0n) is 15.0. The van der Waals surface area contributed by atoms with Crippen LogP contribution < -0.4 is 5.32 Å². The minimum absolute atomic E-state index is 0.0855. The lowest BCUT2D eigenvalue weighted by molar-refractivity contribution is 0.0360. The first-order valence-electron chi connectivity index (χ1n) is 9.14. The Balaban J connectivity index is 1.51. The molecule has 1 saturated heterocycles. The lowest BCUT2D eigenvalue weighted by Gasteiger charge is -2.28. The van der Waals surface area contributed by atoms with E-state index >= 15 is 0 Å². The molecule has 1 amide bonds. The normalized spacial score (nSPS) is 16.3. The van der Waals surface area contributed by atoms with Gasteiger partial charge in [-0.3, -0.25) is 9.69 Å². The van der Waals surface area contributed by atoms with Crippen LogP contribution in [0.2, 0.25) is 0 Å². The van der Waals surface area contributed by atoms with Crippen molar-refractivity contribution in [3.63, 3.8) is 0 Å². The van der Waals surface area contributed by atoms with Crippen LogP contribution in [0.3, 0.4) is 0 Å². The summed E-state index contributed by atoms with van der Waals surface area (Å²) < 4.78 is 6.91. The highest BCUT2D eigenvalue weighted by molar-refractivity contribution is 5.99. The quantitative estimate of drug-likeness (QED) is 0.708. The molecule has 0 aliphatic carbocycles. The maximum Gasteiger partial charge on any atom is 0.255 e. The second kappa shape index (κ2) is 8.24. The molecule has 3 heterocycles. The zero-order chi connectivity index (χ0) is 18.5. The molecule has 140 valence electrons. The smallest absolute Gasteiger partial charge is 0.255 e. The molecule has 0 radical (unpaired) electrons. The van der Waals surface area contributed by atoms with Gasteiger partial charge in [-0.2, -0.15) is 4.52 Å². The van der Waals surface area contributed by atoms with E-state index in [9.17, 15) is 4.79 Å². The van der Waals surface area contributed by atoms with Crippen LogP contribution in [0.1, 0.15) is 28.4 Å². The van der Waals surface area contributed by atoms with Crippen LogP contribution in [-0.2, 0) is 4.74 Å². The van der Waals surface area contributed by atoms with E-state index in [0.717, 1.165) is 44.8 Å². The van der Waals surface area contributed by atoms with Gasteiger partial charge in [0.1, 0.15) is 0 Å². The van der Waals surface area contributed by atoms with Gasteiger partial charge in [-0.15, -0.1) is 5.10 Å². The van der Waals surface area contributed by atoms with Gasteiger partial charge in [-0.1, -0.05) is 30.3 Å². The number of fused-ring (bicyclic) bond motifs is 1. The van der Waals surface area contributed by atoms with Gasteiger partial charge in [0, 0.05) is 25.8 Å². The van der Waals surface area contributed by atoms with Crippen molar-refractivity contribution < 1.29 is 9.53 Å². The summed E-state index contributed by atoms with van der Waals surface area (Å²) in [4.78, 5) is 15.3. The first-order valence-corrected chi connectivity index (χ1v) is 9.14. The van der Waals surface area contributed by atoms with Gasteiger partial charge in [0.2, 0.25) is 0 Å². The second-order valence-corrected chi connectivity index (χ2v) is 6.55. The van der Waals surface area contributed by atoms with Gasteiger partial charge in [0.15, 0.2) is 5.65 Å². The molecular weight excluding hydrogens is 344 g/mol. The number of hydrogen-bond donors (Lipinski definition) is 1. The molecule has 2 aromatic heterocycles. The molecule has 4 rings (SSSR count). The lowest BCUT2D eigenvalue weighted by atomic mass is 10.0. The average Bonchev–Trinajstić information content (AvgIpc) is 3.21. The van der Waals surface area contributed by atoms with E-state index in [1.54, 1.807) is 18.3 Å².